The number of rotatable bonds is 11. The molecule has 0 radical (unpaired) electrons. The second-order valence-corrected chi connectivity index (χ2v) is 17.7. The van der Waals surface area contributed by atoms with E-state index in [1.807, 2.05) is 6.92 Å². The number of carbonyl (C=O) groups is 2. The standard InChI is InChI=1S/C18H16ClN3O4S2.C18H16ClN3O3S2/c1-26-18-21-10-15(27-18)13-7-6-12(9-16(13)28(20,24)25)22-17(23)8-11-4-2-3-5-14(11)19;1-11-21-10-16(26-11)14-7-6-13(9-17(14)27(20,24)25)22-18(23)8-12-4-2-3-5-15(12)19/h2-7,9-10H,8H2,1H3,(H,22,23)(H2,20,24,25);2-7,9-10H,8H2,1H3,(H,22,23)(H2,20,24,25). The summed E-state index contributed by atoms with van der Waals surface area (Å²) >= 11 is 14.7. The lowest BCUT2D eigenvalue weighted by Crippen LogP contribution is -2.17. The molecule has 0 saturated heterocycles. The number of aromatic nitrogens is 2. The summed E-state index contributed by atoms with van der Waals surface area (Å²) in [4.78, 5) is 33.9. The monoisotopic (exact) mass is 858 g/mol. The van der Waals surface area contributed by atoms with Gasteiger partial charge in [0, 0.05) is 44.9 Å². The van der Waals surface area contributed by atoms with Crippen LogP contribution in [-0.4, -0.2) is 45.7 Å². The summed E-state index contributed by atoms with van der Waals surface area (Å²) < 4.78 is 53.3. The number of benzene rings is 4. The molecule has 6 N–H and O–H groups in total. The molecule has 0 saturated carbocycles. The van der Waals surface area contributed by atoms with Crippen molar-refractivity contribution in [3.63, 3.8) is 0 Å². The van der Waals surface area contributed by atoms with Crippen molar-refractivity contribution < 1.29 is 31.2 Å². The lowest BCUT2D eigenvalue weighted by atomic mass is 10.1. The average molecular weight is 860 g/mol. The largest absolute Gasteiger partial charge is 0.473 e. The van der Waals surface area contributed by atoms with E-state index >= 15 is 0 Å². The summed E-state index contributed by atoms with van der Waals surface area (Å²) in [6, 6.07) is 23.1. The first-order valence-electron chi connectivity index (χ1n) is 15.8. The van der Waals surface area contributed by atoms with E-state index in [0.29, 0.717) is 58.6 Å². The number of methoxy groups -OCH3 is 1. The van der Waals surface area contributed by atoms with Gasteiger partial charge >= 0.3 is 0 Å². The van der Waals surface area contributed by atoms with Crippen molar-refractivity contribution in [1.29, 1.82) is 0 Å². The molecule has 2 amide bonds. The zero-order valence-corrected chi connectivity index (χ0v) is 33.7. The van der Waals surface area contributed by atoms with Gasteiger partial charge in [0.15, 0.2) is 0 Å². The van der Waals surface area contributed by atoms with Gasteiger partial charge in [0.25, 0.3) is 5.19 Å². The number of ether oxygens (including phenoxy) is 1. The predicted octanol–water partition coefficient (Wildman–Crippen LogP) is 6.90. The third kappa shape index (κ3) is 11.2. The highest BCUT2D eigenvalue weighted by Crippen LogP contribution is 2.36. The van der Waals surface area contributed by atoms with Gasteiger partial charge in [-0.15, -0.1) is 11.3 Å². The number of halogens is 2. The van der Waals surface area contributed by atoms with Crippen LogP contribution in [0.3, 0.4) is 0 Å². The molecule has 2 aromatic heterocycles. The molecule has 13 nitrogen and oxygen atoms in total. The minimum absolute atomic E-state index is 0.0537. The average Bonchev–Trinajstić information content (AvgIpc) is 3.79. The first-order chi connectivity index (χ1) is 26.0. The topological polar surface area (TPSA) is 214 Å². The van der Waals surface area contributed by atoms with Crippen LogP contribution in [0.5, 0.6) is 5.19 Å². The van der Waals surface area contributed by atoms with Crippen molar-refractivity contribution in [3.05, 3.63) is 124 Å². The van der Waals surface area contributed by atoms with Gasteiger partial charge < -0.3 is 15.4 Å². The van der Waals surface area contributed by atoms with Gasteiger partial charge in [0.2, 0.25) is 31.9 Å². The lowest BCUT2D eigenvalue weighted by molar-refractivity contribution is -0.116. The zero-order valence-electron chi connectivity index (χ0n) is 28.9. The molecule has 0 unspecified atom stereocenters. The molecule has 2 heterocycles. The number of thiazole rings is 2. The molecule has 55 heavy (non-hydrogen) atoms. The van der Waals surface area contributed by atoms with Crippen LogP contribution in [-0.2, 0) is 42.5 Å². The highest BCUT2D eigenvalue weighted by molar-refractivity contribution is 7.89. The van der Waals surface area contributed by atoms with Crippen LogP contribution in [0.25, 0.3) is 20.9 Å². The van der Waals surface area contributed by atoms with Gasteiger partial charge in [-0.05, 0) is 54.4 Å². The molecule has 286 valence electrons. The van der Waals surface area contributed by atoms with Crippen LogP contribution in [0.15, 0.2) is 107 Å². The quantitative estimate of drug-likeness (QED) is 0.107. The number of hydrogen-bond donors (Lipinski definition) is 4. The first-order valence-corrected chi connectivity index (χ1v) is 21.3. The van der Waals surface area contributed by atoms with E-state index in [4.69, 9.17) is 38.2 Å². The van der Waals surface area contributed by atoms with Gasteiger partial charge in [-0.3, -0.25) is 9.59 Å². The summed E-state index contributed by atoms with van der Waals surface area (Å²) in [6.45, 7) is 1.83. The molecule has 0 aliphatic rings. The molecule has 0 atom stereocenters. The van der Waals surface area contributed by atoms with E-state index in [-0.39, 0.29) is 34.4 Å². The van der Waals surface area contributed by atoms with Crippen molar-refractivity contribution in [3.8, 4) is 26.1 Å². The fraction of sp³-hybridized carbons (Fsp3) is 0.111. The van der Waals surface area contributed by atoms with E-state index in [0.717, 1.165) is 5.01 Å². The van der Waals surface area contributed by atoms with Gasteiger partial charge in [-0.1, -0.05) is 83.1 Å². The fourth-order valence-electron chi connectivity index (χ4n) is 5.08. The van der Waals surface area contributed by atoms with Crippen molar-refractivity contribution in [2.45, 2.75) is 29.6 Å². The van der Waals surface area contributed by atoms with E-state index in [1.54, 1.807) is 79.0 Å². The Bertz CT molecular complexity index is 2600. The fourth-order valence-corrected chi connectivity index (χ4v) is 8.75. The van der Waals surface area contributed by atoms with Crippen LogP contribution in [0.4, 0.5) is 11.4 Å². The van der Waals surface area contributed by atoms with Crippen molar-refractivity contribution >= 4 is 89.1 Å². The number of aryl methyl sites for hydroxylation is 1. The number of nitrogens with zero attached hydrogens (tertiary/aromatic N) is 2. The number of nitrogens with two attached hydrogens (primary N) is 2. The molecule has 0 fully saturated rings. The molecular weight excluding hydrogens is 828 g/mol. The molecular formula is C36H32Cl2N6O7S4. The molecule has 4 aromatic carbocycles. The Morgan fingerprint density at radius 2 is 1.13 bits per heavy atom. The summed E-state index contributed by atoms with van der Waals surface area (Å²) in [5.41, 5.74) is 2.82. The van der Waals surface area contributed by atoms with Crippen molar-refractivity contribution in [1.82, 2.24) is 9.97 Å². The third-order valence-electron chi connectivity index (χ3n) is 7.57. The second kappa shape index (κ2) is 17.8. The smallest absolute Gasteiger partial charge is 0.273 e. The SMILES string of the molecule is COc1ncc(-c2ccc(NC(=O)Cc3ccccc3Cl)cc2S(N)(=O)=O)s1.Cc1ncc(-c2ccc(NC(=O)Cc3ccccc3Cl)cc2S(N)(=O)=O)s1. The summed E-state index contributed by atoms with van der Waals surface area (Å²) in [6.07, 6.45) is 3.22. The van der Waals surface area contributed by atoms with E-state index in [1.165, 1.54) is 48.1 Å². The second-order valence-electron chi connectivity index (χ2n) is 11.6. The number of nitrogens with one attached hydrogen (secondary N) is 2. The molecule has 0 aliphatic heterocycles. The molecule has 0 aliphatic carbocycles. The highest BCUT2D eigenvalue weighted by Gasteiger charge is 2.21. The Morgan fingerprint density at radius 1 is 0.691 bits per heavy atom. The van der Waals surface area contributed by atoms with E-state index in [9.17, 15) is 26.4 Å². The Morgan fingerprint density at radius 3 is 1.51 bits per heavy atom. The number of carbonyl (C=O) groups excluding carboxylic acids is 2. The molecule has 6 rings (SSSR count). The van der Waals surface area contributed by atoms with Gasteiger partial charge in [-0.2, -0.15) is 0 Å². The number of anilines is 2. The Balaban J connectivity index is 0.000000211. The lowest BCUT2D eigenvalue weighted by Gasteiger charge is -2.11. The summed E-state index contributed by atoms with van der Waals surface area (Å²) in [5, 5.41) is 18.3. The van der Waals surface area contributed by atoms with Crippen LogP contribution >= 0.6 is 45.9 Å². The van der Waals surface area contributed by atoms with Crippen LogP contribution in [0.2, 0.25) is 10.0 Å². The Kier molecular flexibility index (Phi) is 13.4. The van der Waals surface area contributed by atoms with E-state index < -0.39 is 20.0 Å². The molecule has 6 aromatic rings. The Labute approximate surface area is 335 Å². The number of hydrogen-bond acceptors (Lipinski definition) is 11. The third-order valence-corrected chi connectivity index (χ3v) is 12.1. The Hall–Kier alpha value is -4.72. The van der Waals surface area contributed by atoms with Crippen LogP contribution in [0.1, 0.15) is 16.1 Å². The maximum Gasteiger partial charge on any atom is 0.273 e. The van der Waals surface area contributed by atoms with E-state index in [2.05, 4.69) is 20.6 Å². The summed E-state index contributed by atoms with van der Waals surface area (Å²) in [5.74, 6) is -0.648. The molecule has 0 bridgehead atoms. The van der Waals surface area contributed by atoms with Gasteiger partial charge in [-0.25, -0.2) is 37.1 Å². The van der Waals surface area contributed by atoms with Crippen molar-refractivity contribution in [2.24, 2.45) is 10.3 Å². The van der Waals surface area contributed by atoms with Crippen LogP contribution in [0, 0.1) is 6.92 Å². The molecule has 0 spiro atoms. The maximum atomic E-state index is 12.3. The van der Waals surface area contributed by atoms with Crippen molar-refractivity contribution in [2.75, 3.05) is 17.7 Å². The minimum atomic E-state index is -4.04. The van der Waals surface area contributed by atoms with Gasteiger partial charge in [0.1, 0.15) is 0 Å². The number of primary sulfonamides is 2. The number of sulfonamides is 2. The highest BCUT2D eigenvalue weighted by atomic mass is 35.5. The zero-order chi connectivity index (χ0) is 39.9. The first kappa shape index (κ1) is 41.4. The van der Waals surface area contributed by atoms with Gasteiger partial charge in [0.05, 0.1) is 44.5 Å². The molecule has 19 heteroatoms. The normalized spacial score (nSPS) is 11.3. The van der Waals surface area contributed by atoms with Crippen LogP contribution < -0.4 is 25.6 Å². The number of amides is 2. The predicted molar refractivity (Wildman–Crippen MR) is 217 cm³/mol. The minimum Gasteiger partial charge on any atom is -0.473 e. The summed E-state index contributed by atoms with van der Waals surface area (Å²) in [7, 11) is -6.55. The maximum absolute atomic E-state index is 12.3.